The molecule has 3 rings (SSSR count). The Kier molecular flexibility index (Phi) is 3.28. The molecular formula is C15H12BrN3O. The number of aromatic nitrogens is 2. The van der Waals surface area contributed by atoms with Gasteiger partial charge in [-0.05, 0) is 28.1 Å². The maximum Gasteiger partial charge on any atom is 0.218 e. The van der Waals surface area contributed by atoms with Crippen LogP contribution in [-0.2, 0) is 6.54 Å². The summed E-state index contributed by atoms with van der Waals surface area (Å²) in [5, 5.41) is 1.11. The molecule has 0 unspecified atom stereocenters. The van der Waals surface area contributed by atoms with Gasteiger partial charge in [-0.3, -0.25) is 9.78 Å². The molecule has 0 saturated carbocycles. The number of rotatable bonds is 2. The van der Waals surface area contributed by atoms with Crippen molar-refractivity contribution >= 4 is 32.5 Å². The first-order valence-corrected chi connectivity index (χ1v) is 6.92. The normalized spacial score (nSPS) is 10.8. The summed E-state index contributed by atoms with van der Waals surface area (Å²) in [5.74, 6) is 0. The van der Waals surface area contributed by atoms with Gasteiger partial charge in [-0.2, -0.15) is 0 Å². The van der Waals surface area contributed by atoms with Gasteiger partial charge < -0.3 is 10.3 Å². The highest BCUT2D eigenvalue weighted by Crippen LogP contribution is 2.13. The molecule has 0 fully saturated rings. The third-order valence-electron chi connectivity index (χ3n) is 3.06. The van der Waals surface area contributed by atoms with Crippen LogP contribution in [0.1, 0.15) is 5.69 Å². The average Bonchev–Trinajstić information content (AvgIpc) is 2.44. The fourth-order valence-electron chi connectivity index (χ4n) is 2.09. The van der Waals surface area contributed by atoms with Crippen molar-refractivity contribution in [2.75, 3.05) is 5.73 Å². The van der Waals surface area contributed by atoms with Crippen molar-refractivity contribution in [1.82, 2.24) is 9.55 Å². The lowest BCUT2D eigenvalue weighted by atomic mass is 10.2. The number of pyridine rings is 2. The van der Waals surface area contributed by atoms with Crippen LogP contribution < -0.4 is 11.2 Å². The molecule has 0 aliphatic carbocycles. The predicted molar refractivity (Wildman–Crippen MR) is 83.7 cm³/mol. The molecule has 2 N–H and O–H groups in total. The average molecular weight is 330 g/mol. The highest BCUT2D eigenvalue weighted by molar-refractivity contribution is 9.10. The zero-order valence-corrected chi connectivity index (χ0v) is 12.2. The van der Waals surface area contributed by atoms with E-state index in [2.05, 4.69) is 20.9 Å². The zero-order valence-electron chi connectivity index (χ0n) is 10.6. The summed E-state index contributed by atoms with van der Waals surface area (Å²) in [6, 6.07) is 12.0. The zero-order chi connectivity index (χ0) is 14.1. The summed E-state index contributed by atoms with van der Waals surface area (Å²) in [4.78, 5) is 16.1. The highest BCUT2D eigenvalue weighted by atomic mass is 79.9. The smallest absolute Gasteiger partial charge is 0.218 e. The lowest BCUT2D eigenvalue weighted by molar-refractivity contribution is 0.768. The van der Waals surface area contributed by atoms with E-state index >= 15 is 0 Å². The van der Waals surface area contributed by atoms with Crippen LogP contribution in [0.15, 0.2) is 58.1 Å². The van der Waals surface area contributed by atoms with Crippen LogP contribution >= 0.6 is 15.9 Å². The van der Waals surface area contributed by atoms with E-state index in [1.165, 1.54) is 0 Å². The van der Waals surface area contributed by atoms with Crippen molar-refractivity contribution in [3.05, 3.63) is 69.2 Å². The second-order valence-corrected chi connectivity index (χ2v) is 5.41. The lowest BCUT2D eigenvalue weighted by Gasteiger charge is -2.08. The number of para-hydroxylation sites is 1. The topological polar surface area (TPSA) is 60.9 Å². The number of benzene rings is 1. The van der Waals surface area contributed by atoms with Crippen LogP contribution in [0.4, 0.5) is 5.69 Å². The van der Waals surface area contributed by atoms with Gasteiger partial charge in [0, 0.05) is 17.8 Å². The fourth-order valence-corrected chi connectivity index (χ4v) is 2.58. The van der Waals surface area contributed by atoms with Gasteiger partial charge >= 0.3 is 0 Å². The van der Waals surface area contributed by atoms with Gasteiger partial charge in [-0.25, -0.2) is 0 Å². The molecule has 0 amide bonds. The first-order chi connectivity index (χ1) is 9.63. The molecule has 4 nitrogen and oxygen atoms in total. The van der Waals surface area contributed by atoms with Crippen molar-refractivity contribution < 1.29 is 0 Å². The Bertz CT molecular complexity index is 816. The summed E-state index contributed by atoms with van der Waals surface area (Å²) in [7, 11) is 0. The molecule has 0 bridgehead atoms. The van der Waals surface area contributed by atoms with E-state index in [-0.39, 0.29) is 11.1 Å². The standard InChI is InChI=1S/C15H12BrN3O/c16-12-8-19(9-13(17)15(12)20)7-11-6-5-10-3-1-2-4-14(10)18-11/h1-6,8-9H,7,17H2. The Morgan fingerprint density at radius 2 is 1.95 bits per heavy atom. The molecule has 0 aliphatic heterocycles. The first kappa shape index (κ1) is 12.9. The number of halogens is 1. The molecule has 0 aliphatic rings. The number of nitrogen functional groups attached to an aromatic ring is 1. The molecule has 0 spiro atoms. The van der Waals surface area contributed by atoms with Gasteiger partial charge in [0.05, 0.1) is 27.9 Å². The minimum Gasteiger partial charge on any atom is -0.394 e. The number of fused-ring (bicyclic) bond motifs is 1. The minimum atomic E-state index is -0.187. The second kappa shape index (κ2) is 5.09. The van der Waals surface area contributed by atoms with Crippen LogP contribution in [0.5, 0.6) is 0 Å². The Balaban J connectivity index is 1.99. The number of anilines is 1. The molecule has 2 aromatic heterocycles. The molecule has 20 heavy (non-hydrogen) atoms. The Morgan fingerprint density at radius 3 is 2.75 bits per heavy atom. The van der Waals surface area contributed by atoms with E-state index < -0.39 is 0 Å². The first-order valence-electron chi connectivity index (χ1n) is 6.13. The van der Waals surface area contributed by atoms with Gasteiger partial charge in [0.2, 0.25) is 5.43 Å². The third-order valence-corrected chi connectivity index (χ3v) is 3.63. The van der Waals surface area contributed by atoms with E-state index in [1.807, 2.05) is 41.0 Å². The summed E-state index contributed by atoms with van der Waals surface area (Å²) in [6.07, 6.45) is 3.35. The van der Waals surface area contributed by atoms with Gasteiger partial charge in [0.25, 0.3) is 0 Å². The van der Waals surface area contributed by atoms with Crippen LogP contribution in [0.2, 0.25) is 0 Å². The monoisotopic (exact) mass is 329 g/mol. The minimum absolute atomic E-state index is 0.187. The molecule has 3 aromatic rings. The summed E-state index contributed by atoms with van der Waals surface area (Å²) in [5.41, 5.74) is 7.59. The van der Waals surface area contributed by atoms with Gasteiger partial charge in [0.1, 0.15) is 0 Å². The Labute approximate surface area is 124 Å². The SMILES string of the molecule is Nc1cn(Cc2ccc3ccccc3n2)cc(Br)c1=O. The molecular weight excluding hydrogens is 318 g/mol. The largest absolute Gasteiger partial charge is 0.394 e. The van der Waals surface area contributed by atoms with Gasteiger partial charge in [-0.15, -0.1) is 0 Å². The van der Waals surface area contributed by atoms with Crippen molar-refractivity contribution in [2.24, 2.45) is 0 Å². The van der Waals surface area contributed by atoms with Crippen molar-refractivity contribution in [3.63, 3.8) is 0 Å². The lowest BCUT2D eigenvalue weighted by Crippen LogP contribution is -2.13. The molecule has 2 heterocycles. The molecule has 100 valence electrons. The highest BCUT2D eigenvalue weighted by Gasteiger charge is 2.04. The summed E-state index contributed by atoms with van der Waals surface area (Å²) in [6.45, 7) is 0.563. The molecule has 0 atom stereocenters. The number of hydrogen-bond donors (Lipinski definition) is 1. The van der Waals surface area contributed by atoms with Crippen LogP contribution in [0, 0.1) is 0 Å². The molecule has 5 heteroatoms. The van der Waals surface area contributed by atoms with E-state index in [9.17, 15) is 4.79 Å². The number of nitrogens with zero attached hydrogens (tertiary/aromatic N) is 2. The van der Waals surface area contributed by atoms with E-state index in [0.717, 1.165) is 16.6 Å². The van der Waals surface area contributed by atoms with Crippen LogP contribution in [0.25, 0.3) is 10.9 Å². The van der Waals surface area contributed by atoms with E-state index in [4.69, 9.17) is 5.73 Å². The molecule has 0 saturated heterocycles. The second-order valence-electron chi connectivity index (χ2n) is 4.56. The van der Waals surface area contributed by atoms with Crippen molar-refractivity contribution in [3.8, 4) is 0 Å². The maximum atomic E-state index is 11.5. The summed E-state index contributed by atoms with van der Waals surface area (Å²) < 4.78 is 2.30. The summed E-state index contributed by atoms with van der Waals surface area (Å²) >= 11 is 3.22. The predicted octanol–water partition coefficient (Wildman–Crippen LogP) is 2.79. The molecule has 1 aromatic carbocycles. The maximum absolute atomic E-state index is 11.5. The number of hydrogen-bond acceptors (Lipinski definition) is 3. The van der Waals surface area contributed by atoms with Gasteiger partial charge in [0.15, 0.2) is 0 Å². The number of nitrogens with two attached hydrogens (primary N) is 1. The van der Waals surface area contributed by atoms with Crippen molar-refractivity contribution in [1.29, 1.82) is 0 Å². The van der Waals surface area contributed by atoms with E-state index in [1.54, 1.807) is 12.4 Å². The van der Waals surface area contributed by atoms with E-state index in [0.29, 0.717) is 11.0 Å². The Morgan fingerprint density at radius 1 is 1.15 bits per heavy atom. The quantitative estimate of drug-likeness (QED) is 0.786. The molecule has 0 radical (unpaired) electrons. The van der Waals surface area contributed by atoms with Crippen LogP contribution in [-0.4, -0.2) is 9.55 Å². The Hall–Kier alpha value is -2.14. The van der Waals surface area contributed by atoms with Crippen molar-refractivity contribution in [2.45, 2.75) is 6.54 Å². The third kappa shape index (κ3) is 2.44. The van der Waals surface area contributed by atoms with Gasteiger partial charge in [-0.1, -0.05) is 24.3 Å². The fraction of sp³-hybridized carbons (Fsp3) is 0.0667. The van der Waals surface area contributed by atoms with Crippen LogP contribution in [0.3, 0.4) is 0 Å².